The topological polar surface area (TPSA) is 212 Å². The van der Waals surface area contributed by atoms with Crippen molar-refractivity contribution < 1.29 is 38.8 Å². The van der Waals surface area contributed by atoms with E-state index in [0.29, 0.717) is 0 Å². The molecule has 2 heterocycles. The van der Waals surface area contributed by atoms with Gasteiger partial charge in [-0.2, -0.15) is 4.98 Å². The Balaban J connectivity index is 2.03. The number of anilines is 1. The number of nitrogen functional groups attached to an aromatic ring is 1. The number of nitrogens with zero attached hydrogens (tertiary/aromatic N) is 2. The zero-order chi connectivity index (χ0) is 21.9. The van der Waals surface area contributed by atoms with Gasteiger partial charge in [0.1, 0.15) is 24.1 Å². The summed E-state index contributed by atoms with van der Waals surface area (Å²) in [6.07, 6.45) is -4.66. The number of carbonyl (C=O) groups excluding carboxylic acids is 1. The van der Waals surface area contributed by atoms with Gasteiger partial charge < -0.3 is 40.0 Å². The summed E-state index contributed by atoms with van der Waals surface area (Å²) in [7, 11) is -4.86. The summed E-state index contributed by atoms with van der Waals surface area (Å²) >= 11 is 0. The first kappa shape index (κ1) is 23.4. The van der Waals surface area contributed by atoms with Crippen molar-refractivity contribution >= 4 is 19.5 Å². The Hall–Kier alpha value is -1.86. The Morgan fingerprint density at radius 3 is 2.69 bits per heavy atom. The molecule has 0 radical (unpaired) electrons. The molecule has 13 nitrogen and oxygen atoms in total. The maximum Gasteiger partial charge on any atom is 0.351 e. The van der Waals surface area contributed by atoms with Crippen LogP contribution in [0.4, 0.5) is 5.82 Å². The number of nitrogens with two attached hydrogens (primary N) is 1. The van der Waals surface area contributed by atoms with Gasteiger partial charge in [0, 0.05) is 6.20 Å². The van der Waals surface area contributed by atoms with Crippen molar-refractivity contribution in [2.45, 2.75) is 50.8 Å². The van der Waals surface area contributed by atoms with E-state index in [-0.39, 0.29) is 18.2 Å². The molecule has 14 heteroatoms. The van der Waals surface area contributed by atoms with E-state index in [4.69, 9.17) is 15.0 Å². The molecule has 0 aliphatic carbocycles. The van der Waals surface area contributed by atoms with E-state index in [1.54, 1.807) is 13.8 Å². The Kier molecular flexibility index (Phi) is 7.51. The van der Waals surface area contributed by atoms with Crippen molar-refractivity contribution in [2.75, 3.05) is 12.3 Å². The van der Waals surface area contributed by atoms with Gasteiger partial charge in [-0.1, -0.05) is 13.8 Å². The SMILES string of the molecule is CC(C)C[C@H](NP(=O)([O-])OCC1OC(n2ccc(N)nc2=O)C(O)C1O)C(=O)[O-]. The Morgan fingerprint density at radius 2 is 2.14 bits per heavy atom. The fourth-order valence-corrected chi connectivity index (χ4v) is 3.80. The number of hydrogen-bond acceptors (Lipinski definition) is 11. The van der Waals surface area contributed by atoms with E-state index < -0.39 is 56.6 Å². The summed E-state index contributed by atoms with van der Waals surface area (Å²) in [6, 6.07) is -0.219. The summed E-state index contributed by atoms with van der Waals surface area (Å²) in [4.78, 5) is 38.5. The monoisotopic (exact) mass is 434 g/mol. The van der Waals surface area contributed by atoms with Crippen LogP contribution in [0.15, 0.2) is 17.1 Å². The minimum Gasteiger partial charge on any atom is -0.766 e. The van der Waals surface area contributed by atoms with Gasteiger partial charge in [0.25, 0.3) is 0 Å². The fourth-order valence-electron chi connectivity index (χ4n) is 2.79. The van der Waals surface area contributed by atoms with Crippen LogP contribution in [0.5, 0.6) is 0 Å². The van der Waals surface area contributed by atoms with Crippen LogP contribution in [0.25, 0.3) is 0 Å². The first-order valence-corrected chi connectivity index (χ1v) is 10.3. The number of aliphatic hydroxyl groups is 2. The molecule has 1 aromatic rings. The normalized spacial score (nSPS) is 27.7. The third kappa shape index (κ3) is 6.06. The molecule has 0 aromatic carbocycles. The number of hydrogen-bond donors (Lipinski definition) is 4. The third-order valence-corrected chi connectivity index (χ3v) is 5.29. The Labute approximate surface area is 165 Å². The number of carbonyl (C=O) groups is 1. The summed E-state index contributed by atoms with van der Waals surface area (Å²) in [6.45, 7) is 2.67. The van der Waals surface area contributed by atoms with Crippen molar-refractivity contribution in [1.82, 2.24) is 14.6 Å². The van der Waals surface area contributed by atoms with Gasteiger partial charge in [0.05, 0.1) is 18.6 Å². The molecular formula is C15H23N4O9P-2. The molecular weight excluding hydrogens is 411 g/mol. The van der Waals surface area contributed by atoms with Crippen molar-refractivity contribution in [3.8, 4) is 0 Å². The minimum atomic E-state index is -4.86. The number of aliphatic carboxylic acids is 1. The highest BCUT2D eigenvalue weighted by molar-refractivity contribution is 7.49. The molecule has 1 saturated heterocycles. The fraction of sp³-hybridized carbons (Fsp3) is 0.667. The Bertz CT molecular complexity index is 832. The molecule has 5 N–H and O–H groups in total. The third-order valence-electron chi connectivity index (χ3n) is 4.18. The van der Waals surface area contributed by atoms with Gasteiger partial charge in [-0.15, -0.1) is 0 Å². The lowest BCUT2D eigenvalue weighted by Gasteiger charge is -2.31. The van der Waals surface area contributed by atoms with E-state index in [2.05, 4.69) is 4.98 Å². The van der Waals surface area contributed by atoms with E-state index in [0.717, 1.165) is 4.57 Å². The number of aromatic nitrogens is 2. The van der Waals surface area contributed by atoms with E-state index in [9.17, 15) is 34.4 Å². The molecule has 29 heavy (non-hydrogen) atoms. The average Bonchev–Trinajstić information content (AvgIpc) is 2.87. The number of nitrogens with one attached hydrogen (secondary N) is 1. The van der Waals surface area contributed by atoms with Crippen molar-refractivity contribution in [3.63, 3.8) is 0 Å². The maximum absolute atomic E-state index is 12.0. The highest BCUT2D eigenvalue weighted by Gasteiger charge is 2.44. The van der Waals surface area contributed by atoms with Crippen molar-refractivity contribution in [2.24, 2.45) is 5.92 Å². The van der Waals surface area contributed by atoms with Crippen LogP contribution in [0, 0.1) is 5.92 Å². The first-order chi connectivity index (χ1) is 13.4. The van der Waals surface area contributed by atoms with Crippen molar-refractivity contribution in [1.29, 1.82) is 0 Å². The smallest absolute Gasteiger partial charge is 0.351 e. The minimum absolute atomic E-state index is 0.0195. The second-order valence-corrected chi connectivity index (χ2v) is 8.52. The highest BCUT2D eigenvalue weighted by atomic mass is 31.2. The lowest BCUT2D eigenvalue weighted by molar-refractivity contribution is -0.309. The Morgan fingerprint density at radius 1 is 1.48 bits per heavy atom. The standard InChI is InChI=1S/C15H25N4O9P/c1-7(2)5-8(14(22)23)18-29(25,26)27-6-9-11(20)12(21)13(28-9)19-4-3-10(16)17-15(19)24/h3-4,7-9,11-13,20-21H,5-6H2,1-2H3,(H,22,23)(H2,16,17,24)(H2,18,25,26)/p-2/t8-,9?,11?,12?,13?/m0/s1. The molecule has 6 atom stereocenters. The zero-order valence-corrected chi connectivity index (χ0v) is 16.6. The van der Waals surface area contributed by atoms with Gasteiger partial charge in [-0.05, 0) is 18.4 Å². The van der Waals surface area contributed by atoms with Crippen LogP contribution in [-0.2, 0) is 18.6 Å². The van der Waals surface area contributed by atoms with Crippen molar-refractivity contribution in [3.05, 3.63) is 22.7 Å². The molecule has 5 unspecified atom stereocenters. The summed E-state index contributed by atoms with van der Waals surface area (Å²) < 4.78 is 23.0. The van der Waals surface area contributed by atoms with Gasteiger partial charge in [0.2, 0.25) is 7.75 Å². The second kappa shape index (κ2) is 9.30. The predicted octanol–water partition coefficient (Wildman–Crippen LogP) is -3.32. The second-order valence-electron chi connectivity index (χ2n) is 7.01. The molecule has 1 aliphatic heterocycles. The number of carboxylic acid groups (broad SMARTS) is 1. The van der Waals surface area contributed by atoms with Crippen LogP contribution in [0.3, 0.4) is 0 Å². The molecule has 0 saturated carbocycles. The van der Waals surface area contributed by atoms with Gasteiger partial charge >= 0.3 is 5.69 Å². The van der Waals surface area contributed by atoms with Crippen LogP contribution in [0.2, 0.25) is 0 Å². The largest absolute Gasteiger partial charge is 0.766 e. The number of carboxylic acids is 1. The molecule has 1 aliphatic rings. The predicted molar refractivity (Wildman–Crippen MR) is 93.8 cm³/mol. The molecule has 1 fully saturated rings. The number of aliphatic hydroxyl groups excluding tert-OH is 2. The maximum atomic E-state index is 12.0. The molecule has 2 rings (SSSR count). The van der Waals surface area contributed by atoms with Gasteiger partial charge in [0.15, 0.2) is 6.23 Å². The molecule has 1 aromatic heterocycles. The van der Waals surface area contributed by atoms with E-state index in [1.165, 1.54) is 12.3 Å². The van der Waals surface area contributed by atoms with E-state index >= 15 is 0 Å². The molecule has 0 bridgehead atoms. The summed E-state index contributed by atoms with van der Waals surface area (Å²) in [5, 5.41) is 33.2. The first-order valence-electron chi connectivity index (χ1n) is 8.71. The van der Waals surface area contributed by atoms with Crippen LogP contribution < -0.4 is 26.5 Å². The highest BCUT2D eigenvalue weighted by Crippen LogP contribution is 2.36. The average molecular weight is 434 g/mol. The quantitative estimate of drug-likeness (QED) is 0.281. The number of ether oxygens (including phenoxy) is 1. The summed E-state index contributed by atoms with van der Waals surface area (Å²) in [5.74, 6) is -1.80. The lowest BCUT2D eigenvalue weighted by Crippen LogP contribution is -2.46. The van der Waals surface area contributed by atoms with E-state index in [1.807, 2.05) is 5.09 Å². The summed E-state index contributed by atoms with van der Waals surface area (Å²) in [5.41, 5.74) is 4.54. The van der Waals surface area contributed by atoms with Gasteiger partial charge in [-0.25, -0.2) is 9.88 Å². The van der Waals surface area contributed by atoms with Crippen LogP contribution in [0.1, 0.15) is 26.5 Å². The zero-order valence-electron chi connectivity index (χ0n) is 15.7. The lowest BCUT2D eigenvalue weighted by atomic mass is 10.1. The molecule has 0 spiro atoms. The molecule has 164 valence electrons. The van der Waals surface area contributed by atoms with Gasteiger partial charge in [-0.3, -0.25) is 9.13 Å². The molecule has 0 amide bonds. The van der Waals surface area contributed by atoms with Crippen LogP contribution in [-0.4, -0.2) is 56.7 Å². The number of rotatable bonds is 9. The van der Waals surface area contributed by atoms with Crippen LogP contribution >= 0.6 is 7.75 Å².